The number of hydrogen-bond acceptors (Lipinski definition) is 5. The molecule has 0 radical (unpaired) electrons. The Hall–Kier alpha value is -2.04. The molecule has 0 aromatic heterocycles. The summed E-state index contributed by atoms with van der Waals surface area (Å²) in [6.45, 7) is 1.38. The van der Waals surface area contributed by atoms with Crippen molar-refractivity contribution in [3.05, 3.63) is 29.3 Å². The van der Waals surface area contributed by atoms with E-state index in [9.17, 15) is 4.79 Å². The minimum Gasteiger partial charge on any atom is -0.539 e. The first-order valence-electron chi connectivity index (χ1n) is 5.19. The van der Waals surface area contributed by atoms with Crippen molar-refractivity contribution >= 4 is 13.7 Å². The highest BCUT2D eigenvalue weighted by Crippen LogP contribution is 2.20. The van der Waals surface area contributed by atoms with E-state index in [0.29, 0.717) is 11.3 Å². The van der Waals surface area contributed by atoms with Crippen LogP contribution in [0.4, 0.5) is 0 Å². The van der Waals surface area contributed by atoms with Crippen LogP contribution in [0.5, 0.6) is 5.75 Å². The number of aliphatic carboxylic acids is 1. The highest BCUT2D eigenvalue weighted by Gasteiger charge is 2.29. The van der Waals surface area contributed by atoms with E-state index in [0.717, 1.165) is 0 Å². The van der Waals surface area contributed by atoms with Crippen molar-refractivity contribution in [1.82, 2.24) is 0 Å². The van der Waals surface area contributed by atoms with Gasteiger partial charge in [0.25, 0.3) is 0 Å². The molecule has 0 aliphatic rings. The minimum absolute atomic E-state index is 0.0324. The first kappa shape index (κ1) is 14.0. The van der Waals surface area contributed by atoms with Crippen molar-refractivity contribution in [3.63, 3.8) is 0 Å². The summed E-state index contributed by atoms with van der Waals surface area (Å²) in [4.78, 5) is 10.9. The second-order valence-corrected chi connectivity index (χ2v) is 4.10. The zero-order valence-corrected chi connectivity index (χ0v) is 9.88. The number of nitriles is 1. The predicted octanol–water partition coefficient (Wildman–Crippen LogP) is -0.460. The van der Waals surface area contributed by atoms with Gasteiger partial charge in [0.05, 0.1) is 11.6 Å². The van der Waals surface area contributed by atoms with Crippen LogP contribution >= 0.6 is 0 Å². The maximum atomic E-state index is 10.9. The number of carboxylic acids is 1. The van der Waals surface area contributed by atoms with Crippen LogP contribution in [0.3, 0.4) is 0 Å². The number of carboxylic acid groups (broad SMARTS) is 1. The lowest BCUT2D eigenvalue weighted by atomic mass is 9.91. The average Bonchev–Trinajstić information content (AvgIpc) is 2.31. The second-order valence-electron chi connectivity index (χ2n) is 4.10. The van der Waals surface area contributed by atoms with Gasteiger partial charge in [-0.2, -0.15) is 5.26 Å². The van der Waals surface area contributed by atoms with Crippen LogP contribution in [0.15, 0.2) is 18.2 Å². The maximum Gasteiger partial charge on any atom is 0.504 e. The zero-order valence-electron chi connectivity index (χ0n) is 9.88. The van der Waals surface area contributed by atoms with Crippen molar-refractivity contribution in [1.29, 1.82) is 5.26 Å². The molecule has 0 saturated carbocycles. The maximum absolute atomic E-state index is 10.9. The topological polar surface area (TPSA) is 117 Å². The van der Waals surface area contributed by atoms with Gasteiger partial charge in [-0.3, -0.25) is 4.79 Å². The van der Waals surface area contributed by atoms with E-state index in [2.05, 4.69) is 0 Å². The molecule has 0 unspecified atom stereocenters. The van der Waals surface area contributed by atoms with Gasteiger partial charge in [-0.15, -0.1) is 0 Å². The first-order valence-corrected chi connectivity index (χ1v) is 5.19. The summed E-state index contributed by atoms with van der Waals surface area (Å²) < 4.78 is 4.84. The Kier molecular flexibility index (Phi) is 4.31. The monoisotopic (exact) mass is 248 g/mol. The molecule has 0 aliphatic carbocycles. The molecule has 1 aromatic carbocycles. The lowest BCUT2D eigenvalue weighted by molar-refractivity contribution is -0.142. The number of benzene rings is 1. The van der Waals surface area contributed by atoms with Gasteiger partial charge in [0, 0.05) is 6.42 Å². The quantitative estimate of drug-likeness (QED) is 0.607. The molecule has 6 nitrogen and oxygen atoms in total. The third-order valence-electron chi connectivity index (χ3n) is 2.48. The average molecular weight is 248 g/mol. The largest absolute Gasteiger partial charge is 0.539 e. The first-order chi connectivity index (χ1) is 8.40. The predicted molar refractivity (Wildman–Crippen MR) is 65.1 cm³/mol. The number of hydrogen-bond donors (Lipinski definition) is 3. The molecule has 18 heavy (non-hydrogen) atoms. The van der Waals surface area contributed by atoms with E-state index in [1.54, 1.807) is 12.1 Å². The third-order valence-corrected chi connectivity index (χ3v) is 2.48. The summed E-state index contributed by atoms with van der Waals surface area (Å²) in [5.41, 5.74) is 4.99. The molecule has 0 heterocycles. The van der Waals surface area contributed by atoms with E-state index in [1.807, 2.05) is 6.07 Å². The van der Waals surface area contributed by atoms with Gasteiger partial charge in [0.1, 0.15) is 11.3 Å². The molecule has 0 saturated heterocycles. The lowest BCUT2D eigenvalue weighted by Gasteiger charge is -2.19. The van der Waals surface area contributed by atoms with Gasteiger partial charge in [-0.25, -0.2) is 0 Å². The Morgan fingerprint density at radius 1 is 1.67 bits per heavy atom. The summed E-state index contributed by atoms with van der Waals surface area (Å²) in [5.74, 6) is -0.797. The van der Waals surface area contributed by atoms with Crippen LogP contribution in [0.25, 0.3) is 0 Å². The van der Waals surface area contributed by atoms with E-state index in [4.69, 9.17) is 25.8 Å². The molecule has 0 bridgehead atoms. The lowest BCUT2D eigenvalue weighted by Crippen LogP contribution is -2.46. The summed E-state index contributed by atoms with van der Waals surface area (Å²) in [6, 6.07) is 6.49. The molecule has 94 valence electrons. The summed E-state index contributed by atoms with van der Waals surface area (Å²) >= 11 is 0. The van der Waals surface area contributed by atoms with Crippen LogP contribution in [-0.4, -0.2) is 29.3 Å². The molecule has 1 atom stereocenters. The Bertz CT molecular complexity index is 496. The summed E-state index contributed by atoms with van der Waals surface area (Å²) in [7, 11) is -0.492. The van der Waals surface area contributed by atoms with Crippen LogP contribution < -0.4 is 10.4 Å². The van der Waals surface area contributed by atoms with Crippen molar-refractivity contribution in [2.75, 3.05) is 0 Å². The number of nitrogens with zero attached hydrogens (tertiary/aromatic N) is 1. The molecule has 0 amide bonds. The van der Waals surface area contributed by atoms with Crippen molar-refractivity contribution in [3.8, 4) is 11.8 Å². The van der Waals surface area contributed by atoms with Crippen molar-refractivity contribution < 1.29 is 19.6 Å². The molecule has 1 rings (SSSR count). The fourth-order valence-electron chi connectivity index (χ4n) is 1.45. The Balaban J connectivity index is 3.04. The van der Waals surface area contributed by atoms with Crippen molar-refractivity contribution in [2.24, 2.45) is 5.73 Å². The Morgan fingerprint density at radius 2 is 2.33 bits per heavy atom. The van der Waals surface area contributed by atoms with Crippen LogP contribution in [0.2, 0.25) is 0 Å². The normalized spacial score (nSPS) is 13.2. The van der Waals surface area contributed by atoms with E-state index >= 15 is 0 Å². The highest BCUT2D eigenvalue weighted by atomic mass is 16.5. The number of rotatable bonds is 5. The van der Waals surface area contributed by atoms with Crippen molar-refractivity contribution in [2.45, 2.75) is 18.9 Å². The van der Waals surface area contributed by atoms with E-state index in [1.165, 1.54) is 13.0 Å². The smallest absolute Gasteiger partial charge is 0.504 e. The fourth-order valence-corrected chi connectivity index (χ4v) is 1.45. The Labute approximate surface area is 105 Å². The highest BCUT2D eigenvalue weighted by molar-refractivity contribution is 6.17. The van der Waals surface area contributed by atoms with Crippen LogP contribution in [0, 0.1) is 11.3 Å². The van der Waals surface area contributed by atoms with Gasteiger partial charge < -0.3 is 20.5 Å². The van der Waals surface area contributed by atoms with Gasteiger partial charge >= 0.3 is 13.7 Å². The fraction of sp³-hybridized carbons (Fsp3) is 0.273. The van der Waals surface area contributed by atoms with Crippen LogP contribution in [0.1, 0.15) is 18.1 Å². The molecular formula is C11H13BN2O4. The molecule has 0 aliphatic heterocycles. The number of carbonyl (C=O) groups is 1. The molecular weight excluding hydrogens is 235 g/mol. The Morgan fingerprint density at radius 3 is 2.83 bits per heavy atom. The van der Waals surface area contributed by atoms with E-state index < -0.39 is 19.2 Å². The second kappa shape index (κ2) is 5.53. The molecule has 1 aromatic rings. The van der Waals surface area contributed by atoms with E-state index in [-0.39, 0.29) is 12.0 Å². The van der Waals surface area contributed by atoms with Gasteiger partial charge in [0.15, 0.2) is 0 Å². The standard InChI is InChI=1S/C11H13BN2O4/c1-11(14,10(15)16)5-7-2-3-9(18-12-17)4-8(7)6-13/h2-4,12,17H,5,14H2,1H3,(H,15,16)/t11-/m0/s1. The third kappa shape index (κ3) is 3.23. The molecule has 0 fully saturated rings. The summed E-state index contributed by atoms with van der Waals surface area (Å²) in [5, 5.41) is 26.5. The van der Waals surface area contributed by atoms with Gasteiger partial charge in [-0.1, -0.05) is 6.07 Å². The van der Waals surface area contributed by atoms with Gasteiger partial charge in [-0.05, 0) is 24.6 Å². The molecule has 0 spiro atoms. The summed E-state index contributed by atoms with van der Waals surface area (Å²) in [6.07, 6.45) is 0.0324. The SMILES string of the molecule is C[C@](N)(Cc1ccc(OBO)cc1C#N)C(=O)O. The molecule has 7 heteroatoms. The number of nitrogens with two attached hydrogens (primary N) is 1. The van der Waals surface area contributed by atoms with Gasteiger partial charge in [0.2, 0.25) is 0 Å². The zero-order chi connectivity index (χ0) is 13.8. The van der Waals surface area contributed by atoms with Crippen LogP contribution in [-0.2, 0) is 11.2 Å². The molecule has 4 N–H and O–H groups in total. The minimum atomic E-state index is -1.44.